The van der Waals surface area contributed by atoms with Gasteiger partial charge >= 0.3 is 6.03 Å². The van der Waals surface area contributed by atoms with Crippen LogP contribution in [0.3, 0.4) is 0 Å². The van der Waals surface area contributed by atoms with Crippen molar-refractivity contribution >= 4 is 17.6 Å². The second-order valence-electron chi connectivity index (χ2n) is 7.40. The standard InChI is InChI=1S/C22H27N3O4/c1-14-5-6-18(15(2)9-14)23-22(27)24-21(26)13-25-8-7-16-10-19(28-3)20(29-4)11-17(16)12-25/h5-6,9-11H,7-8,12-13H2,1-4H3,(H2,23,24,26,27)/p+1. The zero-order valence-corrected chi connectivity index (χ0v) is 17.3. The molecule has 1 heterocycles. The van der Waals surface area contributed by atoms with Crippen molar-refractivity contribution < 1.29 is 24.0 Å². The predicted octanol–water partition coefficient (Wildman–Crippen LogP) is 1.61. The molecular formula is C22H28N3O4+. The van der Waals surface area contributed by atoms with Gasteiger partial charge in [-0.3, -0.25) is 10.1 Å². The summed E-state index contributed by atoms with van der Waals surface area (Å²) in [4.78, 5) is 25.6. The number of benzene rings is 2. The lowest BCUT2D eigenvalue weighted by Gasteiger charge is -2.26. The van der Waals surface area contributed by atoms with Crippen LogP contribution in [0.4, 0.5) is 10.5 Å². The minimum Gasteiger partial charge on any atom is -0.493 e. The molecule has 29 heavy (non-hydrogen) atoms. The summed E-state index contributed by atoms with van der Waals surface area (Å²) >= 11 is 0. The number of hydrogen-bond acceptors (Lipinski definition) is 4. The van der Waals surface area contributed by atoms with Crippen LogP contribution in [0, 0.1) is 13.8 Å². The number of anilines is 1. The Bertz CT molecular complexity index is 927. The average molecular weight is 398 g/mol. The molecular weight excluding hydrogens is 370 g/mol. The van der Waals surface area contributed by atoms with Crippen LogP contribution in [-0.4, -0.2) is 39.2 Å². The number of amides is 3. The van der Waals surface area contributed by atoms with E-state index in [0.717, 1.165) is 40.3 Å². The molecule has 1 unspecified atom stereocenters. The Labute approximate surface area is 171 Å². The monoisotopic (exact) mass is 398 g/mol. The van der Waals surface area contributed by atoms with E-state index in [1.54, 1.807) is 14.2 Å². The third kappa shape index (κ3) is 5.06. The van der Waals surface area contributed by atoms with E-state index >= 15 is 0 Å². The van der Waals surface area contributed by atoms with Crippen molar-refractivity contribution in [2.24, 2.45) is 0 Å². The molecule has 0 aliphatic carbocycles. The summed E-state index contributed by atoms with van der Waals surface area (Å²) in [5, 5.41) is 5.17. The van der Waals surface area contributed by atoms with Crippen molar-refractivity contribution in [1.29, 1.82) is 0 Å². The number of carbonyl (C=O) groups is 2. The minimum atomic E-state index is -0.509. The highest BCUT2D eigenvalue weighted by atomic mass is 16.5. The summed E-state index contributed by atoms with van der Waals surface area (Å²) in [5.41, 5.74) is 5.11. The van der Waals surface area contributed by atoms with Crippen LogP contribution < -0.4 is 25.0 Å². The van der Waals surface area contributed by atoms with Crippen molar-refractivity contribution in [3.8, 4) is 11.5 Å². The first-order valence-corrected chi connectivity index (χ1v) is 9.65. The van der Waals surface area contributed by atoms with E-state index in [9.17, 15) is 9.59 Å². The van der Waals surface area contributed by atoms with E-state index in [1.807, 2.05) is 44.2 Å². The Hall–Kier alpha value is -3.06. The van der Waals surface area contributed by atoms with Crippen LogP contribution in [0.5, 0.6) is 11.5 Å². The molecule has 7 nitrogen and oxygen atoms in total. The number of fused-ring (bicyclic) bond motifs is 1. The molecule has 3 rings (SSSR count). The van der Waals surface area contributed by atoms with Gasteiger partial charge in [0.2, 0.25) is 0 Å². The molecule has 0 fully saturated rings. The first-order chi connectivity index (χ1) is 13.9. The molecule has 0 aromatic heterocycles. The molecule has 1 atom stereocenters. The van der Waals surface area contributed by atoms with Gasteiger partial charge in [-0.15, -0.1) is 0 Å². The maximum atomic E-state index is 12.3. The highest BCUT2D eigenvalue weighted by Crippen LogP contribution is 2.31. The van der Waals surface area contributed by atoms with Crippen LogP contribution in [0.25, 0.3) is 0 Å². The fourth-order valence-corrected chi connectivity index (χ4v) is 3.69. The van der Waals surface area contributed by atoms with Gasteiger partial charge in [0.25, 0.3) is 5.91 Å². The predicted molar refractivity (Wildman–Crippen MR) is 111 cm³/mol. The number of methoxy groups -OCH3 is 2. The third-order valence-electron chi connectivity index (χ3n) is 5.19. The normalized spacial score (nSPS) is 15.2. The van der Waals surface area contributed by atoms with Gasteiger partial charge in [0.1, 0.15) is 6.54 Å². The van der Waals surface area contributed by atoms with Crippen LogP contribution in [0.1, 0.15) is 22.3 Å². The molecule has 0 spiro atoms. The van der Waals surface area contributed by atoms with Crippen LogP contribution >= 0.6 is 0 Å². The smallest absolute Gasteiger partial charge is 0.326 e. The topological polar surface area (TPSA) is 81.1 Å². The van der Waals surface area contributed by atoms with Crippen LogP contribution in [0.2, 0.25) is 0 Å². The van der Waals surface area contributed by atoms with E-state index in [-0.39, 0.29) is 12.5 Å². The maximum absolute atomic E-state index is 12.3. The Kier molecular flexibility index (Phi) is 6.39. The quantitative estimate of drug-likeness (QED) is 0.715. The second kappa shape index (κ2) is 8.96. The van der Waals surface area contributed by atoms with Crippen molar-refractivity contribution in [3.05, 3.63) is 52.6 Å². The van der Waals surface area contributed by atoms with Gasteiger partial charge in [-0.2, -0.15) is 0 Å². The molecule has 0 saturated heterocycles. The summed E-state index contributed by atoms with van der Waals surface area (Å²) in [6.07, 6.45) is 0.840. The number of ether oxygens (including phenoxy) is 2. The van der Waals surface area contributed by atoms with Crippen molar-refractivity contribution in [3.63, 3.8) is 0 Å². The molecule has 2 aromatic carbocycles. The second-order valence-corrected chi connectivity index (χ2v) is 7.40. The molecule has 1 aliphatic rings. The van der Waals surface area contributed by atoms with E-state index < -0.39 is 6.03 Å². The largest absolute Gasteiger partial charge is 0.493 e. The third-order valence-corrected chi connectivity index (χ3v) is 5.19. The summed E-state index contributed by atoms with van der Waals surface area (Å²) in [7, 11) is 3.23. The molecule has 3 N–H and O–H groups in total. The molecule has 0 saturated carbocycles. The van der Waals surface area contributed by atoms with E-state index in [2.05, 4.69) is 10.6 Å². The molecule has 1 aliphatic heterocycles. The molecule has 0 bridgehead atoms. The highest BCUT2D eigenvalue weighted by Gasteiger charge is 2.24. The van der Waals surface area contributed by atoms with Gasteiger partial charge in [-0.1, -0.05) is 17.7 Å². The van der Waals surface area contributed by atoms with Gasteiger partial charge in [0.05, 0.1) is 20.8 Å². The van der Waals surface area contributed by atoms with Crippen molar-refractivity contribution in [2.75, 3.05) is 32.6 Å². The lowest BCUT2D eigenvalue weighted by atomic mass is 9.99. The number of carbonyl (C=O) groups excluding carboxylic acids is 2. The molecule has 0 radical (unpaired) electrons. The van der Waals surface area contributed by atoms with Gasteiger partial charge in [0.15, 0.2) is 18.0 Å². The summed E-state index contributed by atoms with van der Waals surface area (Å²) in [6, 6.07) is 9.20. The lowest BCUT2D eigenvalue weighted by Crippen LogP contribution is -3.13. The first kappa shape index (κ1) is 20.7. The fourth-order valence-electron chi connectivity index (χ4n) is 3.69. The van der Waals surface area contributed by atoms with Crippen LogP contribution in [-0.2, 0) is 17.8 Å². The zero-order valence-electron chi connectivity index (χ0n) is 17.3. The Morgan fingerprint density at radius 3 is 2.38 bits per heavy atom. The number of imide groups is 1. The Balaban J connectivity index is 1.57. The summed E-state index contributed by atoms with van der Waals surface area (Å²) < 4.78 is 10.7. The molecule has 7 heteroatoms. The number of nitrogens with one attached hydrogen (secondary N) is 3. The van der Waals surface area contributed by atoms with Gasteiger partial charge in [-0.05, 0) is 43.2 Å². The van der Waals surface area contributed by atoms with Gasteiger partial charge in [0, 0.05) is 17.7 Å². The molecule has 154 valence electrons. The Morgan fingerprint density at radius 1 is 1.03 bits per heavy atom. The average Bonchev–Trinajstić information content (AvgIpc) is 2.68. The SMILES string of the molecule is COc1cc2c(cc1OC)C[NH+](CC(=O)NC(=O)Nc1ccc(C)cc1C)CC2. The minimum absolute atomic E-state index is 0.230. The maximum Gasteiger partial charge on any atom is 0.326 e. The van der Waals surface area contributed by atoms with Gasteiger partial charge < -0.3 is 19.7 Å². The number of rotatable bonds is 5. The number of urea groups is 1. The number of quaternary nitrogens is 1. The first-order valence-electron chi connectivity index (χ1n) is 9.65. The van der Waals surface area contributed by atoms with E-state index in [1.165, 1.54) is 5.56 Å². The number of aryl methyl sites for hydroxylation is 2. The van der Waals surface area contributed by atoms with E-state index in [4.69, 9.17) is 9.47 Å². The van der Waals surface area contributed by atoms with Crippen molar-refractivity contribution in [2.45, 2.75) is 26.8 Å². The lowest BCUT2D eigenvalue weighted by molar-refractivity contribution is -0.908. The fraction of sp³-hybridized carbons (Fsp3) is 0.364. The van der Waals surface area contributed by atoms with Crippen LogP contribution in [0.15, 0.2) is 30.3 Å². The highest BCUT2D eigenvalue weighted by molar-refractivity contribution is 6.01. The van der Waals surface area contributed by atoms with Crippen molar-refractivity contribution in [1.82, 2.24) is 5.32 Å². The molecule has 2 aromatic rings. The molecule has 3 amide bonds. The summed E-state index contributed by atoms with van der Waals surface area (Å²) in [5.74, 6) is 1.10. The van der Waals surface area contributed by atoms with E-state index in [0.29, 0.717) is 18.0 Å². The Morgan fingerprint density at radius 2 is 1.72 bits per heavy atom. The summed E-state index contributed by atoms with van der Waals surface area (Å²) in [6.45, 7) is 5.65. The zero-order chi connectivity index (χ0) is 21.0. The number of hydrogen-bond donors (Lipinski definition) is 3. The van der Waals surface area contributed by atoms with Gasteiger partial charge in [-0.25, -0.2) is 4.79 Å².